The molecule has 2 rings (SSSR count). The van der Waals surface area contributed by atoms with Gasteiger partial charge in [-0.05, 0) is 0 Å². The van der Waals surface area contributed by atoms with Crippen molar-refractivity contribution in [3.63, 3.8) is 0 Å². The quantitative estimate of drug-likeness (QED) is 0.415. The van der Waals surface area contributed by atoms with E-state index in [-0.39, 0.29) is 18.0 Å². The zero-order valence-electron chi connectivity index (χ0n) is 9.47. The summed E-state index contributed by atoms with van der Waals surface area (Å²) in [5.41, 5.74) is 2.93. The van der Waals surface area contributed by atoms with E-state index >= 15 is 0 Å². The minimum atomic E-state index is -0.251. The molecule has 0 bridgehead atoms. The van der Waals surface area contributed by atoms with Gasteiger partial charge in [0.1, 0.15) is 12.9 Å². The first kappa shape index (κ1) is 11.3. The molecule has 0 radical (unpaired) electrons. The number of aryl methyl sites for hydroxylation is 1. The van der Waals surface area contributed by atoms with E-state index in [1.807, 2.05) is 0 Å². The topological polar surface area (TPSA) is 97.8 Å². The largest absolute Gasteiger partial charge is 0.392 e. The van der Waals surface area contributed by atoms with E-state index < -0.39 is 0 Å². The average molecular weight is 236 g/mol. The molecule has 8 nitrogen and oxygen atoms in total. The van der Waals surface area contributed by atoms with Gasteiger partial charge in [-0.1, -0.05) is 0 Å². The van der Waals surface area contributed by atoms with Crippen molar-refractivity contribution < 1.29 is 4.84 Å². The van der Waals surface area contributed by atoms with E-state index in [2.05, 4.69) is 15.4 Å². The molecule has 0 aliphatic carbocycles. The fourth-order valence-electron chi connectivity index (χ4n) is 1.49. The highest BCUT2D eigenvalue weighted by Gasteiger charge is 2.10. The van der Waals surface area contributed by atoms with Crippen LogP contribution in [0.4, 0.5) is 0 Å². The Labute approximate surface area is 96.3 Å². The van der Waals surface area contributed by atoms with Crippen LogP contribution in [0.3, 0.4) is 0 Å². The highest BCUT2D eigenvalue weighted by molar-refractivity contribution is 5.73. The average Bonchev–Trinajstić information content (AvgIpc) is 2.65. The Kier molecular flexibility index (Phi) is 2.88. The van der Waals surface area contributed by atoms with Crippen LogP contribution >= 0.6 is 0 Å². The summed E-state index contributed by atoms with van der Waals surface area (Å²) in [5, 5.41) is 7.45. The Morgan fingerprint density at radius 3 is 2.94 bits per heavy atom. The lowest BCUT2D eigenvalue weighted by molar-refractivity contribution is 0.197. The maximum absolute atomic E-state index is 12.0. The molecule has 0 aromatic carbocycles. The van der Waals surface area contributed by atoms with E-state index in [0.29, 0.717) is 11.2 Å². The smallest absolute Gasteiger partial charge is 0.280 e. The predicted molar refractivity (Wildman–Crippen MR) is 60.6 cm³/mol. The molecule has 17 heavy (non-hydrogen) atoms. The van der Waals surface area contributed by atoms with Gasteiger partial charge in [0.15, 0.2) is 11.2 Å². The van der Waals surface area contributed by atoms with Crippen LogP contribution in [0.2, 0.25) is 0 Å². The maximum atomic E-state index is 12.0. The van der Waals surface area contributed by atoms with Crippen molar-refractivity contribution in [2.75, 3.05) is 7.05 Å². The summed E-state index contributed by atoms with van der Waals surface area (Å²) < 4.78 is 2.90. The number of fused-ring (bicyclic) bond motifs is 1. The van der Waals surface area contributed by atoms with Gasteiger partial charge in [0.05, 0.1) is 6.33 Å². The highest BCUT2D eigenvalue weighted by Crippen LogP contribution is 2.01. The second-order valence-electron chi connectivity index (χ2n) is 3.43. The van der Waals surface area contributed by atoms with Crippen molar-refractivity contribution in [2.24, 2.45) is 7.05 Å². The molecule has 0 atom stereocenters. The summed E-state index contributed by atoms with van der Waals surface area (Å²) in [7, 11) is 3.26. The van der Waals surface area contributed by atoms with Crippen LogP contribution in [0, 0.1) is 5.41 Å². The Bertz CT molecular complexity index is 613. The minimum Gasteiger partial charge on any atom is -0.392 e. The predicted octanol–water partition coefficient (Wildman–Crippen LogP) is -0.742. The molecule has 0 fully saturated rings. The van der Waals surface area contributed by atoms with Crippen LogP contribution < -0.4 is 11.0 Å². The number of hydroxylamine groups is 1. The second-order valence-corrected chi connectivity index (χ2v) is 3.43. The molecule has 0 unspecified atom stereocenters. The van der Waals surface area contributed by atoms with E-state index in [9.17, 15) is 4.79 Å². The minimum absolute atomic E-state index is 0.0216. The van der Waals surface area contributed by atoms with Gasteiger partial charge in [0.25, 0.3) is 5.56 Å². The molecule has 0 spiro atoms. The molecule has 0 saturated heterocycles. The number of hydrogen-bond acceptors (Lipinski definition) is 6. The zero-order chi connectivity index (χ0) is 12.4. The van der Waals surface area contributed by atoms with Crippen LogP contribution in [0.25, 0.3) is 11.2 Å². The lowest BCUT2D eigenvalue weighted by Crippen LogP contribution is -2.28. The summed E-state index contributed by atoms with van der Waals surface area (Å²) >= 11 is 0. The van der Waals surface area contributed by atoms with Gasteiger partial charge in [0.2, 0.25) is 5.90 Å². The standard InChI is InChI=1S/C9H12N6O2/c1-11-17-6(10)3-15-5-13-8-7(9(15)16)14(2)4-12-8/h4-5,10-11H,3H2,1-2H3. The lowest BCUT2D eigenvalue weighted by atomic mass is 10.5. The molecule has 2 N–H and O–H groups in total. The van der Waals surface area contributed by atoms with Crippen molar-refractivity contribution in [1.29, 1.82) is 5.41 Å². The van der Waals surface area contributed by atoms with Gasteiger partial charge < -0.3 is 9.40 Å². The van der Waals surface area contributed by atoms with Gasteiger partial charge >= 0.3 is 0 Å². The number of rotatable bonds is 3. The third-order valence-corrected chi connectivity index (χ3v) is 2.24. The van der Waals surface area contributed by atoms with Gasteiger partial charge in [-0.15, -0.1) is 0 Å². The summed E-state index contributed by atoms with van der Waals surface area (Å²) in [6.45, 7) is 0.0216. The van der Waals surface area contributed by atoms with E-state index in [0.717, 1.165) is 0 Å². The van der Waals surface area contributed by atoms with Crippen LogP contribution in [0.5, 0.6) is 0 Å². The molecule has 2 aromatic heterocycles. The first-order valence-electron chi connectivity index (χ1n) is 4.91. The summed E-state index contributed by atoms with van der Waals surface area (Å²) in [5.74, 6) is -0.0714. The third kappa shape index (κ3) is 2.02. The number of aromatic nitrogens is 4. The van der Waals surface area contributed by atoms with Crippen molar-refractivity contribution in [2.45, 2.75) is 6.54 Å². The number of nitrogens with one attached hydrogen (secondary N) is 2. The Hall–Kier alpha value is -2.22. The number of nitrogens with zero attached hydrogens (tertiary/aromatic N) is 4. The second kappa shape index (κ2) is 4.34. The normalized spacial score (nSPS) is 10.7. The molecule has 0 aliphatic rings. The zero-order valence-corrected chi connectivity index (χ0v) is 9.47. The van der Waals surface area contributed by atoms with Gasteiger partial charge in [-0.25, -0.2) is 9.97 Å². The summed E-state index contributed by atoms with van der Waals surface area (Å²) in [6.07, 6.45) is 2.88. The molecule has 0 amide bonds. The maximum Gasteiger partial charge on any atom is 0.280 e. The molecule has 0 aliphatic heterocycles. The van der Waals surface area contributed by atoms with Crippen LogP contribution in [-0.4, -0.2) is 32.0 Å². The van der Waals surface area contributed by atoms with Gasteiger partial charge in [0, 0.05) is 14.1 Å². The molecule has 8 heteroatoms. The van der Waals surface area contributed by atoms with Crippen molar-refractivity contribution in [3.05, 3.63) is 23.0 Å². The van der Waals surface area contributed by atoms with E-state index in [4.69, 9.17) is 10.2 Å². The molecule has 90 valence electrons. The number of imidazole rings is 1. The molecular formula is C9H12N6O2. The lowest BCUT2D eigenvalue weighted by Gasteiger charge is -2.06. The number of hydrogen-bond donors (Lipinski definition) is 2. The molecule has 0 saturated carbocycles. The first-order chi connectivity index (χ1) is 8.13. The molecular weight excluding hydrogens is 224 g/mol. The van der Waals surface area contributed by atoms with Gasteiger partial charge in [-0.2, -0.15) is 5.48 Å². The van der Waals surface area contributed by atoms with Crippen LogP contribution in [0.1, 0.15) is 0 Å². The van der Waals surface area contributed by atoms with Crippen LogP contribution in [-0.2, 0) is 18.4 Å². The molecule has 2 heterocycles. The SMILES string of the molecule is CNOC(=N)Cn1cnc2ncn(C)c2c1=O. The Balaban J connectivity index is 2.42. The van der Waals surface area contributed by atoms with Crippen LogP contribution in [0.15, 0.2) is 17.4 Å². The molecule has 2 aromatic rings. The monoisotopic (exact) mass is 236 g/mol. The fourth-order valence-corrected chi connectivity index (χ4v) is 1.49. The van der Waals surface area contributed by atoms with E-state index in [1.54, 1.807) is 18.7 Å². The van der Waals surface area contributed by atoms with Crippen molar-refractivity contribution in [3.8, 4) is 0 Å². The summed E-state index contributed by atoms with van der Waals surface area (Å²) in [6, 6.07) is 0. The van der Waals surface area contributed by atoms with E-state index in [1.165, 1.54) is 17.2 Å². The van der Waals surface area contributed by atoms with Crippen molar-refractivity contribution >= 4 is 17.1 Å². The Morgan fingerprint density at radius 1 is 1.53 bits per heavy atom. The van der Waals surface area contributed by atoms with Crippen molar-refractivity contribution in [1.82, 2.24) is 24.6 Å². The fraction of sp³-hybridized carbons (Fsp3) is 0.333. The van der Waals surface area contributed by atoms with Gasteiger partial charge in [-0.3, -0.25) is 14.8 Å². The third-order valence-electron chi connectivity index (χ3n) is 2.24. The first-order valence-corrected chi connectivity index (χ1v) is 4.91. The Morgan fingerprint density at radius 2 is 2.24 bits per heavy atom. The summed E-state index contributed by atoms with van der Waals surface area (Å²) in [4.78, 5) is 24.8. The highest BCUT2D eigenvalue weighted by atomic mass is 16.6.